The van der Waals surface area contributed by atoms with Crippen molar-refractivity contribution < 1.29 is 9.47 Å². The van der Waals surface area contributed by atoms with E-state index in [4.69, 9.17) is 9.47 Å². The Bertz CT molecular complexity index is 617. The highest BCUT2D eigenvalue weighted by atomic mass is 79.9. The number of para-hydroxylation sites is 1. The zero-order valence-electron chi connectivity index (χ0n) is 12.0. The van der Waals surface area contributed by atoms with Crippen molar-refractivity contribution in [2.45, 2.75) is 13.5 Å². The van der Waals surface area contributed by atoms with Crippen LogP contribution in [0.3, 0.4) is 0 Å². The van der Waals surface area contributed by atoms with Gasteiger partial charge >= 0.3 is 0 Å². The molecule has 0 amide bonds. The van der Waals surface area contributed by atoms with Crippen LogP contribution in [0.25, 0.3) is 0 Å². The number of hydrogen-bond donors (Lipinski definition) is 1. The van der Waals surface area contributed by atoms with Gasteiger partial charge in [0.1, 0.15) is 0 Å². The molecule has 0 unspecified atom stereocenters. The molecule has 0 radical (unpaired) electrons. The van der Waals surface area contributed by atoms with Gasteiger partial charge in [-0.15, -0.1) is 0 Å². The first kappa shape index (κ1) is 16.2. The first-order valence-electron chi connectivity index (χ1n) is 6.63. The second kappa shape index (κ2) is 7.71. The molecular formula is C16H17Br2NO2. The number of benzene rings is 2. The fourth-order valence-electron chi connectivity index (χ4n) is 2.02. The Hall–Kier alpha value is -1.20. The van der Waals surface area contributed by atoms with Gasteiger partial charge in [-0.05, 0) is 47.1 Å². The minimum atomic E-state index is 0.617. The van der Waals surface area contributed by atoms with Crippen LogP contribution in [0, 0.1) is 0 Å². The summed E-state index contributed by atoms with van der Waals surface area (Å²) in [7, 11) is 1.66. The van der Waals surface area contributed by atoms with Crippen LogP contribution in [0.15, 0.2) is 45.3 Å². The SMILES string of the molecule is CCOc1cccc(CNc2ccc(Br)cc2Br)c1OC. The molecule has 112 valence electrons. The fourth-order valence-corrected chi connectivity index (χ4v) is 3.21. The molecule has 2 aromatic rings. The number of methoxy groups -OCH3 is 1. The predicted octanol–water partition coefficient (Wildman–Crippen LogP) is 5.23. The highest BCUT2D eigenvalue weighted by Crippen LogP contribution is 2.32. The van der Waals surface area contributed by atoms with E-state index in [1.54, 1.807) is 7.11 Å². The van der Waals surface area contributed by atoms with Gasteiger partial charge < -0.3 is 14.8 Å². The van der Waals surface area contributed by atoms with Gasteiger partial charge in [0, 0.05) is 26.7 Å². The third-order valence-electron chi connectivity index (χ3n) is 2.96. The molecule has 0 bridgehead atoms. The van der Waals surface area contributed by atoms with E-state index in [0.29, 0.717) is 13.2 Å². The molecule has 21 heavy (non-hydrogen) atoms. The van der Waals surface area contributed by atoms with Crippen LogP contribution in [0.1, 0.15) is 12.5 Å². The van der Waals surface area contributed by atoms with Crippen LogP contribution >= 0.6 is 31.9 Å². The number of anilines is 1. The van der Waals surface area contributed by atoms with Gasteiger partial charge in [-0.2, -0.15) is 0 Å². The van der Waals surface area contributed by atoms with Crippen LogP contribution in [0.5, 0.6) is 11.5 Å². The summed E-state index contributed by atoms with van der Waals surface area (Å²) in [5.74, 6) is 1.55. The Morgan fingerprint density at radius 1 is 1.14 bits per heavy atom. The van der Waals surface area contributed by atoms with Crippen molar-refractivity contribution >= 4 is 37.5 Å². The van der Waals surface area contributed by atoms with E-state index >= 15 is 0 Å². The molecule has 0 spiro atoms. The second-order valence-corrected chi connectivity index (χ2v) is 6.13. The average Bonchev–Trinajstić information content (AvgIpc) is 2.47. The third kappa shape index (κ3) is 4.14. The van der Waals surface area contributed by atoms with E-state index in [0.717, 1.165) is 31.7 Å². The van der Waals surface area contributed by atoms with Crippen molar-refractivity contribution in [1.82, 2.24) is 0 Å². The van der Waals surface area contributed by atoms with Gasteiger partial charge in [-0.25, -0.2) is 0 Å². The molecular weight excluding hydrogens is 398 g/mol. The smallest absolute Gasteiger partial charge is 0.165 e. The van der Waals surface area contributed by atoms with E-state index in [-0.39, 0.29) is 0 Å². The lowest BCUT2D eigenvalue weighted by molar-refractivity contribution is 0.309. The molecule has 0 saturated heterocycles. The summed E-state index contributed by atoms with van der Waals surface area (Å²) < 4.78 is 13.1. The normalized spacial score (nSPS) is 10.3. The highest BCUT2D eigenvalue weighted by Gasteiger charge is 2.10. The zero-order chi connectivity index (χ0) is 15.2. The summed E-state index contributed by atoms with van der Waals surface area (Å²) in [4.78, 5) is 0. The summed E-state index contributed by atoms with van der Waals surface area (Å²) in [6.07, 6.45) is 0. The van der Waals surface area contributed by atoms with E-state index in [9.17, 15) is 0 Å². The Labute approximate surface area is 141 Å². The van der Waals surface area contributed by atoms with Crippen molar-refractivity contribution in [3.05, 3.63) is 50.9 Å². The van der Waals surface area contributed by atoms with Crippen molar-refractivity contribution in [2.75, 3.05) is 19.0 Å². The minimum Gasteiger partial charge on any atom is -0.493 e. The number of halogens is 2. The van der Waals surface area contributed by atoms with E-state index in [2.05, 4.69) is 37.2 Å². The fraction of sp³-hybridized carbons (Fsp3) is 0.250. The molecule has 1 N–H and O–H groups in total. The Morgan fingerprint density at radius 2 is 1.95 bits per heavy atom. The van der Waals surface area contributed by atoms with E-state index < -0.39 is 0 Å². The molecule has 0 aromatic heterocycles. The van der Waals surface area contributed by atoms with Gasteiger partial charge in [0.25, 0.3) is 0 Å². The topological polar surface area (TPSA) is 30.5 Å². The average molecular weight is 415 g/mol. The molecule has 2 aromatic carbocycles. The highest BCUT2D eigenvalue weighted by molar-refractivity contribution is 9.11. The largest absolute Gasteiger partial charge is 0.493 e. The molecule has 3 nitrogen and oxygen atoms in total. The lowest BCUT2D eigenvalue weighted by atomic mass is 10.1. The Morgan fingerprint density at radius 3 is 2.62 bits per heavy atom. The van der Waals surface area contributed by atoms with Gasteiger partial charge in [0.05, 0.1) is 13.7 Å². The molecule has 0 aliphatic heterocycles. The maximum atomic E-state index is 5.59. The molecule has 0 aliphatic rings. The molecule has 0 atom stereocenters. The number of nitrogens with one attached hydrogen (secondary N) is 1. The monoisotopic (exact) mass is 413 g/mol. The lowest BCUT2D eigenvalue weighted by Gasteiger charge is -2.15. The van der Waals surface area contributed by atoms with Crippen LogP contribution in [-0.2, 0) is 6.54 Å². The first-order valence-corrected chi connectivity index (χ1v) is 8.22. The van der Waals surface area contributed by atoms with Crippen LogP contribution in [0.4, 0.5) is 5.69 Å². The summed E-state index contributed by atoms with van der Waals surface area (Å²) in [5.41, 5.74) is 2.08. The third-order valence-corrected chi connectivity index (χ3v) is 4.11. The maximum Gasteiger partial charge on any atom is 0.165 e. The number of ether oxygens (including phenoxy) is 2. The standard InChI is InChI=1S/C16H17Br2NO2/c1-3-21-15-6-4-5-11(16(15)20-2)10-19-14-8-7-12(17)9-13(14)18/h4-9,19H,3,10H2,1-2H3. The molecule has 5 heteroatoms. The van der Waals surface area contributed by atoms with Gasteiger partial charge in [-0.1, -0.05) is 28.1 Å². The summed E-state index contributed by atoms with van der Waals surface area (Å²) >= 11 is 6.99. The number of rotatable bonds is 6. The maximum absolute atomic E-state index is 5.59. The van der Waals surface area contributed by atoms with Gasteiger partial charge in [0.15, 0.2) is 11.5 Å². The molecule has 0 fully saturated rings. The van der Waals surface area contributed by atoms with Crippen molar-refractivity contribution in [3.63, 3.8) is 0 Å². The molecule has 0 saturated carbocycles. The Kier molecular flexibility index (Phi) is 5.94. The second-order valence-electron chi connectivity index (χ2n) is 4.36. The molecule has 0 heterocycles. The van der Waals surface area contributed by atoms with Crippen molar-refractivity contribution in [2.24, 2.45) is 0 Å². The molecule has 2 rings (SSSR count). The van der Waals surface area contributed by atoms with Gasteiger partial charge in [-0.3, -0.25) is 0 Å². The zero-order valence-corrected chi connectivity index (χ0v) is 15.1. The van der Waals surface area contributed by atoms with E-state index in [1.807, 2.05) is 43.3 Å². The van der Waals surface area contributed by atoms with Gasteiger partial charge in [0.2, 0.25) is 0 Å². The van der Waals surface area contributed by atoms with E-state index in [1.165, 1.54) is 0 Å². The number of hydrogen-bond acceptors (Lipinski definition) is 3. The van der Waals surface area contributed by atoms with Crippen LogP contribution in [-0.4, -0.2) is 13.7 Å². The first-order chi connectivity index (χ1) is 10.2. The van der Waals surface area contributed by atoms with Crippen LogP contribution in [0.2, 0.25) is 0 Å². The summed E-state index contributed by atoms with van der Waals surface area (Å²) in [6, 6.07) is 12.0. The predicted molar refractivity (Wildman–Crippen MR) is 93.3 cm³/mol. The van der Waals surface area contributed by atoms with Crippen molar-refractivity contribution in [1.29, 1.82) is 0 Å². The minimum absolute atomic E-state index is 0.617. The quantitative estimate of drug-likeness (QED) is 0.701. The summed E-state index contributed by atoms with van der Waals surface area (Å²) in [6.45, 7) is 3.24. The lowest BCUT2D eigenvalue weighted by Crippen LogP contribution is -2.04. The Balaban J connectivity index is 2.17. The molecule has 0 aliphatic carbocycles. The van der Waals surface area contributed by atoms with Crippen molar-refractivity contribution in [3.8, 4) is 11.5 Å². The summed E-state index contributed by atoms with van der Waals surface area (Å²) in [5, 5.41) is 3.40. The van der Waals surface area contributed by atoms with Crippen LogP contribution < -0.4 is 14.8 Å².